The zero-order valence-electron chi connectivity index (χ0n) is 20.2. The summed E-state index contributed by atoms with van der Waals surface area (Å²) < 4.78 is 7.64. The number of carbonyl (C=O) groups is 3. The topological polar surface area (TPSA) is 143 Å². The highest BCUT2D eigenvalue weighted by Gasteiger charge is 2.56. The number of aromatic nitrogens is 3. The Balaban J connectivity index is 1.51. The van der Waals surface area contributed by atoms with Crippen molar-refractivity contribution in [3.05, 3.63) is 70.0 Å². The number of ketones is 3. The van der Waals surface area contributed by atoms with Crippen LogP contribution >= 0.6 is 0 Å². The molecule has 0 amide bonds. The molecule has 10 heteroatoms. The summed E-state index contributed by atoms with van der Waals surface area (Å²) in [7, 11) is 0. The first kappa shape index (κ1) is 23.3. The highest BCUT2D eigenvalue weighted by atomic mass is 16.5. The molecule has 0 saturated heterocycles. The number of pyridine rings is 1. The smallest absolute Gasteiger partial charge is 0.194 e. The van der Waals surface area contributed by atoms with E-state index in [1.807, 2.05) is 28.8 Å². The van der Waals surface area contributed by atoms with Crippen LogP contribution in [0.2, 0.25) is 0 Å². The second-order valence-electron chi connectivity index (χ2n) is 9.11. The lowest BCUT2D eigenvalue weighted by Crippen LogP contribution is -2.41. The lowest BCUT2D eigenvalue weighted by molar-refractivity contribution is -0.123. The van der Waals surface area contributed by atoms with Gasteiger partial charge in [-0.1, -0.05) is 6.07 Å². The van der Waals surface area contributed by atoms with Crippen LogP contribution in [0.1, 0.15) is 48.1 Å². The van der Waals surface area contributed by atoms with E-state index >= 15 is 0 Å². The average Bonchev–Trinajstić information content (AvgIpc) is 3.37. The molecular formula is C26H24N4O6. The van der Waals surface area contributed by atoms with Crippen LogP contribution in [0.5, 0.6) is 17.2 Å². The van der Waals surface area contributed by atoms with Crippen molar-refractivity contribution in [1.29, 1.82) is 0 Å². The first-order chi connectivity index (χ1) is 17.1. The fourth-order valence-corrected chi connectivity index (χ4v) is 4.87. The molecule has 1 aliphatic heterocycles. The lowest BCUT2D eigenvalue weighted by Gasteiger charge is -2.29. The van der Waals surface area contributed by atoms with Gasteiger partial charge >= 0.3 is 0 Å². The van der Waals surface area contributed by atoms with Gasteiger partial charge in [0.25, 0.3) is 0 Å². The number of hydrogen-bond acceptors (Lipinski definition) is 9. The number of hydrogen-bond donors (Lipinski definition) is 3. The molecule has 0 radical (unpaired) electrons. The van der Waals surface area contributed by atoms with Crippen molar-refractivity contribution in [3.8, 4) is 17.2 Å². The molecule has 3 aromatic rings. The molecule has 0 bridgehead atoms. The van der Waals surface area contributed by atoms with Gasteiger partial charge in [0.05, 0.1) is 11.1 Å². The molecule has 1 atom stereocenters. The van der Waals surface area contributed by atoms with Crippen LogP contribution in [0.3, 0.4) is 0 Å². The van der Waals surface area contributed by atoms with E-state index in [0.717, 1.165) is 11.5 Å². The molecule has 10 nitrogen and oxygen atoms in total. The summed E-state index contributed by atoms with van der Waals surface area (Å²) in [5.74, 6) is -1.78. The summed E-state index contributed by atoms with van der Waals surface area (Å²) in [5, 5.41) is 32.8. The van der Waals surface area contributed by atoms with Gasteiger partial charge in [0.2, 0.25) is 0 Å². The number of rotatable bonds is 5. The molecule has 184 valence electrons. The van der Waals surface area contributed by atoms with E-state index in [2.05, 4.69) is 15.5 Å². The average molecular weight is 489 g/mol. The number of aromatic hydroxyl groups is 2. The molecule has 0 saturated carbocycles. The largest absolute Gasteiger partial charge is 0.507 e. The Hall–Kier alpha value is -4.47. The molecule has 3 heterocycles. The molecule has 36 heavy (non-hydrogen) atoms. The van der Waals surface area contributed by atoms with Crippen molar-refractivity contribution in [2.24, 2.45) is 0 Å². The van der Waals surface area contributed by atoms with E-state index in [0.29, 0.717) is 18.7 Å². The Labute approximate surface area is 205 Å². The van der Waals surface area contributed by atoms with Crippen molar-refractivity contribution < 1.29 is 29.3 Å². The van der Waals surface area contributed by atoms with Crippen molar-refractivity contribution >= 4 is 23.0 Å². The van der Waals surface area contributed by atoms with Gasteiger partial charge in [-0.3, -0.25) is 18.8 Å². The summed E-state index contributed by atoms with van der Waals surface area (Å²) in [6.07, 6.45) is 3.55. The third-order valence-corrected chi connectivity index (χ3v) is 6.88. The van der Waals surface area contributed by atoms with Crippen LogP contribution in [0.4, 0.5) is 0 Å². The summed E-state index contributed by atoms with van der Waals surface area (Å²) >= 11 is 0. The minimum Gasteiger partial charge on any atom is -0.507 e. The van der Waals surface area contributed by atoms with Crippen LogP contribution in [0.15, 0.2) is 47.5 Å². The number of Topliss-reactive ketones (excluding diaryl/α,β-unsaturated/α-hetero) is 2. The number of nitrogens with zero attached hydrogens (tertiary/aromatic N) is 3. The molecule has 5 rings (SSSR count). The number of carbonyl (C=O) groups excluding carboxylic acids is 3. The van der Waals surface area contributed by atoms with Crippen LogP contribution in [-0.4, -0.2) is 48.7 Å². The maximum absolute atomic E-state index is 13.8. The van der Waals surface area contributed by atoms with Gasteiger partial charge in [-0.25, -0.2) is 0 Å². The summed E-state index contributed by atoms with van der Waals surface area (Å²) in [6, 6.07) is 5.59. The number of allylic oxidation sites excluding steroid dienone is 4. The summed E-state index contributed by atoms with van der Waals surface area (Å²) in [4.78, 5) is 39.1. The Kier molecular flexibility index (Phi) is 5.20. The normalized spacial score (nSPS) is 20.1. The molecule has 0 unspecified atom stereocenters. The molecule has 2 aliphatic rings. The van der Waals surface area contributed by atoms with E-state index in [1.54, 1.807) is 6.92 Å². The SMILES string of the molecule is CC(=O)c1c(O)c(C)c(O)c2c1OC1=CC(=O)/C(=C(/C)NCCc3nnc4ccccn34)C(=O)[C@]12C. The van der Waals surface area contributed by atoms with Crippen LogP contribution < -0.4 is 10.1 Å². The second-order valence-corrected chi connectivity index (χ2v) is 9.11. The predicted molar refractivity (Wildman–Crippen MR) is 128 cm³/mol. The zero-order valence-corrected chi connectivity index (χ0v) is 20.2. The van der Waals surface area contributed by atoms with Gasteiger partial charge in [0, 0.05) is 36.5 Å². The van der Waals surface area contributed by atoms with Crippen LogP contribution in [0.25, 0.3) is 5.65 Å². The predicted octanol–water partition coefficient (Wildman–Crippen LogP) is 2.44. The number of phenolic OH excluding ortho intramolecular Hbond substituents is 2. The molecule has 2 aromatic heterocycles. The Morgan fingerprint density at radius 3 is 2.64 bits per heavy atom. The quantitative estimate of drug-likeness (QED) is 0.280. The molecule has 1 aromatic carbocycles. The molecule has 3 N–H and O–H groups in total. The number of ether oxygens (including phenoxy) is 1. The van der Waals surface area contributed by atoms with Gasteiger partial charge in [-0.2, -0.15) is 0 Å². The third kappa shape index (κ3) is 3.14. The van der Waals surface area contributed by atoms with E-state index in [9.17, 15) is 24.6 Å². The van der Waals surface area contributed by atoms with Gasteiger partial charge in [-0.05, 0) is 39.8 Å². The van der Waals surface area contributed by atoms with E-state index < -0.39 is 28.5 Å². The van der Waals surface area contributed by atoms with E-state index in [-0.39, 0.29) is 39.5 Å². The summed E-state index contributed by atoms with van der Waals surface area (Å²) in [6.45, 7) is 6.25. The molecule has 0 fully saturated rings. The van der Waals surface area contributed by atoms with Crippen molar-refractivity contribution in [2.45, 2.75) is 39.5 Å². The van der Waals surface area contributed by atoms with Crippen LogP contribution in [0, 0.1) is 6.92 Å². The number of phenols is 2. The Morgan fingerprint density at radius 2 is 1.92 bits per heavy atom. The highest BCUT2D eigenvalue weighted by Crippen LogP contribution is 2.57. The maximum atomic E-state index is 13.8. The van der Waals surface area contributed by atoms with Gasteiger partial charge in [0.1, 0.15) is 39.8 Å². The fraction of sp³-hybridized carbons (Fsp3) is 0.269. The first-order valence-electron chi connectivity index (χ1n) is 11.4. The second kappa shape index (κ2) is 8.04. The lowest BCUT2D eigenvalue weighted by atomic mass is 9.70. The number of nitrogens with one attached hydrogen (secondary N) is 1. The van der Waals surface area contributed by atoms with Crippen molar-refractivity contribution in [1.82, 2.24) is 19.9 Å². The Morgan fingerprint density at radius 1 is 1.17 bits per heavy atom. The molecule has 0 spiro atoms. The molecule has 1 aliphatic carbocycles. The maximum Gasteiger partial charge on any atom is 0.194 e. The standard InChI is InChI=1S/C26H24N4O6/c1-12-22(33)20(14(3)31)24-21(23(12)34)26(4)16(36-24)11-15(32)19(25(26)35)13(2)27-9-8-18-29-28-17-7-5-6-10-30(17)18/h5-7,10-11,27,33-34H,8-9H2,1-4H3/b19-13+/t26-/m1/s1. The fourth-order valence-electron chi connectivity index (χ4n) is 4.87. The minimum atomic E-state index is -1.54. The van der Waals surface area contributed by atoms with Crippen molar-refractivity contribution in [2.75, 3.05) is 6.54 Å². The van der Waals surface area contributed by atoms with Gasteiger partial charge in [-0.15, -0.1) is 10.2 Å². The Bertz CT molecular complexity index is 1560. The highest BCUT2D eigenvalue weighted by molar-refractivity contribution is 6.31. The molecular weight excluding hydrogens is 464 g/mol. The third-order valence-electron chi connectivity index (χ3n) is 6.88. The van der Waals surface area contributed by atoms with E-state index in [1.165, 1.54) is 26.8 Å². The van der Waals surface area contributed by atoms with Crippen LogP contribution in [-0.2, 0) is 21.4 Å². The number of benzene rings is 1. The van der Waals surface area contributed by atoms with Crippen molar-refractivity contribution in [3.63, 3.8) is 0 Å². The van der Waals surface area contributed by atoms with E-state index in [4.69, 9.17) is 4.74 Å². The zero-order chi connectivity index (χ0) is 25.9. The van der Waals surface area contributed by atoms with Gasteiger partial charge < -0.3 is 20.3 Å². The van der Waals surface area contributed by atoms with Gasteiger partial charge in [0.15, 0.2) is 23.0 Å². The monoisotopic (exact) mass is 488 g/mol. The minimum absolute atomic E-state index is 0.00165. The first-order valence-corrected chi connectivity index (χ1v) is 11.4. The number of fused-ring (bicyclic) bond motifs is 4. The summed E-state index contributed by atoms with van der Waals surface area (Å²) in [5.41, 5.74) is -0.557.